The fourth-order valence-corrected chi connectivity index (χ4v) is 1.14. The minimum Gasteiger partial charge on any atom is -0.366 e. The predicted molar refractivity (Wildman–Crippen MR) is 51.9 cm³/mol. The van der Waals surface area contributed by atoms with Crippen LogP contribution in [-0.4, -0.2) is 13.4 Å². The van der Waals surface area contributed by atoms with Crippen molar-refractivity contribution in [2.24, 2.45) is 0 Å². The third kappa shape index (κ3) is 2.08. The lowest BCUT2D eigenvalue weighted by Gasteiger charge is -2.21. The molecule has 0 spiro atoms. The highest BCUT2D eigenvalue weighted by molar-refractivity contribution is 6.30. The topological polar surface area (TPSA) is 26.3 Å². The van der Waals surface area contributed by atoms with Crippen molar-refractivity contribution in [3.8, 4) is 0 Å². The standard InChI is InChI=1S/C10H11ClO2/c1-10(7-12,13-2)8-3-5-9(11)6-4-8/h3-7H,1-2H3. The molecule has 2 nitrogen and oxygen atoms in total. The molecule has 0 aliphatic rings. The minimum atomic E-state index is -0.870. The highest BCUT2D eigenvalue weighted by Gasteiger charge is 2.24. The summed E-state index contributed by atoms with van der Waals surface area (Å²) in [6.45, 7) is 1.71. The number of hydrogen-bond acceptors (Lipinski definition) is 2. The van der Waals surface area contributed by atoms with Gasteiger partial charge in [-0.25, -0.2) is 0 Å². The van der Waals surface area contributed by atoms with E-state index in [0.29, 0.717) is 5.02 Å². The first-order valence-electron chi connectivity index (χ1n) is 3.90. The van der Waals surface area contributed by atoms with Crippen molar-refractivity contribution in [2.75, 3.05) is 7.11 Å². The molecule has 0 aliphatic heterocycles. The van der Waals surface area contributed by atoms with Gasteiger partial charge in [0.25, 0.3) is 0 Å². The number of carbonyl (C=O) groups excluding carboxylic acids is 1. The molecule has 0 N–H and O–H groups in total. The van der Waals surface area contributed by atoms with Gasteiger partial charge in [0.15, 0.2) is 6.29 Å². The van der Waals surface area contributed by atoms with Crippen LogP contribution in [0.4, 0.5) is 0 Å². The van der Waals surface area contributed by atoms with E-state index in [9.17, 15) is 4.79 Å². The largest absolute Gasteiger partial charge is 0.366 e. The second-order valence-electron chi connectivity index (χ2n) is 2.94. The maximum Gasteiger partial charge on any atom is 0.156 e. The van der Waals surface area contributed by atoms with E-state index in [-0.39, 0.29) is 0 Å². The second kappa shape index (κ2) is 3.90. The molecule has 1 atom stereocenters. The van der Waals surface area contributed by atoms with Crippen LogP contribution in [0.2, 0.25) is 5.02 Å². The van der Waals surface area contributed by atoms with Crippen molar-refractivity contribution < 1.29 is 9.53 Å². The highest BCUT2D eigenvalue weighted by atomic mass is 35.5. The maximum absolute atomic E-state index is 10.8. The van der Waals surface area contributed by atoms with E-state index in [2.05, 4.69) is 0 Å². The molecular weight excluding hydrogens is 188 g/mol. The molecule has 1 rings (SSSR count). The summed E-state index contributed by atoms with van der Waals surface area (Å²) in [5.41, 5.74) is -0.0701. The van der Waals surface area contributed by atoms with E-state index >= 15 is 0 Å². The predicted octanol–water partition coefficient (Wildman–Crippen LogP) is 2.40. The molecule has 0 bridgehead atoms. The van der Waals surface area contributed by atoms with Crippen LogP contribution in [0.25, 0.3) is 0 Å². The molecule has 0 aromatic heterocycles. The van der Waals surface area contributed by atoms with E-state index in [1.807, 2.05) is 0 Å². The van der Waals surface area contributed by atoms with Crippen LogP contribution in [0.15, 0.2) is 24.3 Å². The zero-order valence-electron chi connectivity index (χ0n) is 7.58. The lowest BCUT2D eigenvalue weighted by Crippen LogP contribution is -2.25. The van der Waals surface area contributed by atoms with Crippen LogP contribution in [0.1, 0.15) is 12.5 Å². The summed E-state index contributed by atoms with van der Waals surface area (Å²) in [6.07, 6.45) is 0.774. The lowest BCUT2D eigenvalue weighted by atomic mass is 9.98. The van der Waals surface area contributed by atoms with E-state index in [1.54, 1.807) is 31.2 Å². The molecule has 0 amide bonds. The number of hydrogen-bond donors (Lipinski definition) is 0. The first kappa shape index (κ1) is 10.2. The van der Waals surface area contributed by atoms with Crippen molar-refractivity contribution in [1.29, 1.82) is 0 Å². The SMILES string of the molecule is COC(C)(C=O)c1ccc(Cl)cc1. The Hall–Kier alpha value is -0.860. The third-order valence-corrected chi connectivity index (χ3v) is 2.32. The Morgan fingerprint density at radius 1 is 1.38 bits per heavy atom. The zero-order valence-corrected chi connectivity index (χ0v) is 8.34. The van der Waals surface area contributed by atoms with Crippen LogP contribution in [0, 0.1) is 0 Å². The third-order valence-electron chi connectivity index (χ3n) is 2.07. The molecule has 0 fully saturated rings. The van der Waals surface area contributed by atoms with Gasteiger partial charge in [0.05, 0.1) is 0 Å². The summed E-state index contributed by atoms with van der Waals surface area (Å²) < 4.78 is 5.10. The normalized spacial score (nSPS) is 15.0. The monoisotopic (exact) mass is 198 g/mol. The quantitative estimate of drug-likeness (QED) is 0.698. The van der Waals surface area contributed by atoms with Crippen LogP contribution >= 0.6 is 11.6 Å². The van der Waals surface area contributed by atoms with Gasteiger partial charge in [-0.15, -0.1) is 0 Å². The van der Waals surface area contributed by atoms with E-state index in [4.69, 9.17) is 16.3 Å². The van der Waals surface area contributed by atoms with E-state index < -0.39 is 5.60 Å². The number of methoxy groups -OCH3 is 1. The van der Waals surface area contributed by atoms with Crippen molar-refractivity contribution in [3.05, 3.63) is 34.9 Å². The maximum atomic E-state index is 10.8. The van der Waals surface area contributed by atoms with E-state index in [1.165, 1.54) is 7.11 Å². The van der Waals surface area contributed by atoms with Gasteiger partial charge in [-0.3, -0.25) is 4.79 Å². The summed E-state index contributed by atoms with van der Waals surface area (Å²) in [4.78, 5) is 10.8. The van der Waals surface area contributed by atoms with Crippen LogP contribution in [0.5, 0.6) is 0 Å². The first-order valence-corrected chi connectivity index (χ1v) is 4.28. The van der Waals surface area contributed by atoms with Gasteiger partial charge < -0.3 is 4.74 Å². The average molecular weight is 199 g/mol. The van der Waals surface area contributed by atoms with Gasteiger partial charge in [-0.2, -0.15) is 0 Å². The van der Waals surface area contributed by atoms with Gasteiger partial charge in [-0.05, 0) is 24.6 Å². The van der Waals surface area contributed by atoms with E-state index in [0.717, 1.165) is 11.8 Å². The summed E-state index contributed by atoms with van der Waals surface area (Å²) in [6, 6.07) is 7.02. The zero-order chi connectivity index (χ0) is 9.90. The Labute approximate surface area is 82.5 Å². The molecule has 0 aliphatic carbocycles. The van der Waals surface area contributed by atoms with Crippen molar-refractivity contribution in [3.63, 3.8) is 0 Å². The summed E-state index contributed by atoms with van der Waals surface area (Å²) in [5.74, 6) is 0. The molecule has 1 aromatic carbocycles. The summed E-state index contributed by atoms with van der Waals surface area (Å²) >= 11 is 5.72. The molecule has 1 unspecified atom stereocenters. The number of carbonyl (C=O) groups is 1. The molecular formula is C10H11ClO2. The van der Waals surface area contributed by atoms with Crippen LogP contribution in [-0.2, 0) is 15.1 Å². The van der Waals surface area contributed by atoms with Crippen LogP contribution < -0.4 is 0 Å². The van der Waals surface area contributed by atoms with Gasteiger partial charge >= 0.3 is 0 Å². The molecule has 1 aromatic rings. The molecule has 0 saturated heterocycles. The number of benzene rings is 1. The van der Waals surface area contributed by atoms with Gasteiger partial charge in [0.1, 0.15) is 5.60 Å². The van der Waals surface area contributed by atoms with Crippen molar-refractivity contribution >= 4 is 17.9 Å². The number of rotatable bonds is 3. The van der Waals surface area contributed by atoms with Crippen molar-refractivity contribution in [1.82, 2.24) is 0 Å². The smallest absolute Gasteiger partial charge is 0.156 e. The van der Waals surface area contributed by atoms with Gasteiger partial charge in [-0.1, -0.05) is 23.7 Å². The molecule has 13 heavy (non-hydrogen) atoms. The minimum absolute atomic E-state index is 0.646. The summed E-state index contributed by atoms with van der Waals surface area (Å²) in [5, 5.41) is 0.646. The Balaban J connectivity index is 3.06. The lowest BCUT2D eigenvalue weighted by molar-refractivity contribution is -0.126. The Morgan fingerprint density at radius 2 is 1.92 bits per heavy atom. The molecule has 70 valence electrons. The Kier molecular flexibility index (Phi) is 3.07. The molecule has 0 saturated carbocycles. The fraction of sp³-hybridized carbons (Fsp3) is 0.300. The fourth-order valence-electron chi connectivity index (χ4n) is 1.01. The summed E-state index contributed by atoms with van der Waals surface area (Å²) in [7, 11) is 1.50. The van der Waals surface area contributed by atoms with Gasteiger partial charge in [0, 0.05) is 12.1 Å². The molecule has 0 radical (unpaired) electrons. The number of halogens is 1. The second-order valence-corrected chi connectivity index (χ2v) is 3.37. The molecule has 0 heterocycles. The number of aldehydes is 1. The molecule has 3 heteroatoms. The van der Waals surface area contributed by atoms with Gasteiger partial charge in [0.2, 0.25) is 0 Å². The Bertz CT molecular complexity index is 294. The average Bonchev–Trinajstić information content (AvgIpc) is 2.18. The number of ether oxygens (including phenoxy) is 1. The van der Waals surface area contributed by atoms with Crippen molar-refractivity contribution in [2.45, 2.75) is 12.5 Å². The highest BCUT2D eigenvalue weighted by Crippen LogP contribution is 2.23. The Morgan fingerprint density at radius 3 is 2.31 bits per heavy atom. The van der Waals surface area contributed by atoms with Crippen LogP contribution in [0.3, 0.4) is 0 Å². The first-order chi connectivity index (χ1) is 6.12.